The number of nitrogens with zero attached hydrogens (tertiary/aromatic N) is 1. The van der Waals surface area contributed by atoms with Crippen molar-refractivity contribution in [2.75, 3.05) is 18.0 Å². The normalized spacial score (nSPS) is 17.7. The molecule has 3 heteroatoms. The number of carboxylic acids is 1. The molecule has 18 heavy (non-hydrogen) atoms. The molecule has 1 aromatic carbocycles. The van der Waals surface area contributed by atoms with Crippen LogP contribution < -0.4 is 4.90 Å². The van der Waals surface area contributed by atoms with Crippen molar-refractivity contribution in [1.82, 2.24) is 0 Å². The van der Waals surface area contributed by atoms with Crippen molar-refractivity contribution in [3.05, 3.63) is 29.8 Å². The van der Waals surface area contributed by atoms with E-state index in [4.69, 9.17) is 5.11 Å². The first kappa shape index (κ1) is 12.9. The van der Waals surface area contributed by atoms with Gasteiger partial charge in [-0.3, -0.25) is 0 Å². The van der Waals surface area contributed by atoms with Crippen LogP contribution in [0.1, 0.15) is 48.9 Å². The zero-order valence-electron chi connectivity index (χ0n) is 10.8. The van der Waals surface area contributed by atoms with Crippen molar-refractivity contribution in [2.24, 2.45) is 0 Å². The molecule has 1 aliphatic heterocycles. The van der Waals surface area contributed by atoms with E-state index in [1.807, 2.05) is 12.1 Å². The Morgan fingerprint density at radius 3 is 1.89 bits per heavy atom. The lowest BCUT2D eigenvalue weighted by molar-refractivity contribution is 0.0697. The van der Waals surface area contributed by atoms with Gasteiger partial charge >= 0.3 is 5.97 Å². The van der Waals surface area contributed by atoms with Crippen molar-refractivity contribution in [1.29, 1.82) is 0 Å². The summed E-state index contributed by atoms with van der Waals surface area (Å²) in [6, 6.07) is 7.26. The molecule has 1 aromatic rings. The van der Waals surface area contributed by atoms with E-state index in [1.54, 1.807) is 12.1 Å². The Bertz CT molecular complexity index is 376. The van der Waals surface area contributed by atoms with Gasteiger partial charge in [0, 0.05) is 18.8 Å². The lowest BCUT2D eigenvalue weighted by Crippen LogP contribution is -2.25. The Balaban J connectivity index is 2.05. The quantitative estimate of drug-likeness (QED) is 0.869. The van der Waals surface area contributed by atoms with E-state index in [0.717, 1.165) is 18.8 Å². The number of rotatable bonds is 2. The van der Waals surface area contributed by atoms with Crippen LogP contribution in [0.3, 0.4) is 0 Å². The molecule has 0 aromatic heterocycles. The van der Waals surface area contributed by atoms with Gasteiger partial charge in [0.1, 0.15) is 0 Å². The maximum atomic E-state index is 10.8. The summed E-state index contributed by atoms with van der Waals surface area (Å²) in [6.07, 6.45) is 7.80. The Labute approximate surface area is 108 Å². The largest absolute Gasteiger partial charge is 0.478 e. The third-order valence-electron chi connectivity index (χ3n) is 3.59. The number of anilines is 1. The summed E-state index contributed by atoms with van der Waals surface area (Å²) in [5, 5.41) is 8.89. The maximum Gasteiger partial charge on any atom is 0.335 e. The fraction of sp³-hybridized carbons (Fsp3) is 0.533. The minimum Gasteiger partial charge on any atom is -0.478 e. The van der Waals surface area contributed by atoms with Crippen molar-refractivity contribution in [3.8, 4) is 0 Å². The number of hydrogen-bond donors (Lipinski definition) is 1. The van der Waals surface area contributed by atoms with Crippen LogP contribution in [-0.2, 0) is 0 Å². The second-order valence-corrected chi connectivity index (χ2v) is 4.96. The molecule has 1 saturated heterocycles. The molecule has 3 nitrogen and oxygen atoms in total. The molecule has 1 fully saturated rings. The number of hydrogen-bond acceptors (Lipinski definition) is 2. The first-order chi connectivity index (χ1) is 8.77. The number of benzene rings is 1. The first-order valence-electron chi connectivity index (χ1n) is 6.86. The Morgan fingerprint density at radius 1 is 0.889 bits per heavy atom. The van der Waals surface area contributed by atoms with Crippen molar-refractivity contribution >= 4 is 11.7 Å². The molecule has 0 radical (unpaired) electrons. The molecule has 1 heterocycles. The van der Waals surface area contributed by atoms with Crippen LogP contribution in [0.4, 0.5) is 5.69 Å². The average molecular weight is 247 g/mol. The minimum atomic E-state index is -0.856. The van der Waals surface area contributed by atoms with Crippen molar-refractivity contribution in [2.45, 2.75) is 38.5 Å². The highest BCUT2D eigenvalue weighted by Crippen LogP contribution is 2.19. The lowest BCUT2D eigenvalue weighted by atomic mass is 10.1. The van der Waals surface area contributed by atoms with E-state index < -0.39 is 5.97 Å². The molecule has 0 atom stereocenters. The second-order valence-electron chi connectivity index (χ2n) is 4.96. The number of carbonyl (C=O) groups is 1. The predicted molar refractivity (Wildman–Crippen MR) is 73.3 cm³/mol. The zero-order valence-corrected chi connectivity index (χ0v) is 10.8. The van der Waals surface area contributed by atoms with E-state index in [2.05, 4.69) is 4.90 Å². The van der Waals surface area contributed by atoms with Gasteiger partial charge in [0.15, 0.2) is 0 Å². The summed E-state index contributed by atoms with van der Waals surface area (Å²) in [4.78, 5) is 13.2. The van der Waals surface area contributed by atoms with E-state index in [1.165, 1.54) is 38.5 Å². The van der Waals surface area contributed by atoms with Gasteiger partial charge in [-0.25, -0.2) is 4.79 Å². The number of aromatic carboxylic acids is 1. The molecule has 0 bridgehead atoms. The van der Waals surface area contributed by atoms with Gasteiger partial charge < -0.3 is 10.0 Å². The molecule has 2 rings (SSSR count). The fourth-order valence-corrected chi connectivity index (χ4v) is 2.50. The van der Waals surface area contributed by atoms with Gasteiger partial charge in [0.05, 0.1) is 5.56 Å². The molecule has 0 amide bonds. The Hall–Kier alpha value is -1.51. The van der Waals surface area contributed by atoms with E-state index >= 15 is 0 Å². The van der Waals surface area contributed by atoms with Crippen LogP contribution >= 0.6 is 0 Å². The minimum absolute atomic E-state index is 0.364. The predicted octanol–water partition coefficient (Wildman–Crippen LogP) is 3.55. The van der Waals surface area contributed by atoms with Crippen LogP contribution in [0.2, 0.25) is 0 Å². The van der Waals surface area contributed by atoms with Gasteiger partial charge in [-0.2, -0.15) is 0 Å². The summed E-state index contributed by atoms with van der Waals surface area (Å²) < 4.78 is 0. The maximum absolute atomic E-state index is 10.8. The lowest BCUT2D eigenvalue weighted by Gasteiger charge is -2.24. The van der Waals surface area contributed by atoms with Crippen LogP contribution in [-0.4, -0.2) is 24.2 Å². The standard InChI is InChI=1S/C15H21NO2/c17-15(18)13-7-9-14(10-8-13)16-11-5-3-1-2-4-6-12-16/h7-10H,1-6,11-12H2,(H,17,18). The third kappa shape index (κ3) is 3.49. The van der Waals surface area contributed by atoms with Gasteiger partial charge in [0.2, 0.25) is 0 Å². The summed E-state index contributed by atoms with van der Waals surface area (Å²) in [6.45, 7) is 2.18. The van der Waals surface area contributed by atoms with Crippen LogP contribution in [0.25, 0.3) is 0 Å². The fourth-order valence-electron chi connectivity index (χ4n) is 2.50. The monoisotopic (exact) mass is 247 g/mol. The average Bonchev–Trinajstić information content (AvgIpc) is 2.52. The SMILES string of the molecule is O=C(O)c1ccc(N2CCCCCCCC2)cc1. The topological polar surface area (TPSA) is 40.5 Å². The van der Waals surface area contributed by atoms with Gasteiger partial charge in [-0.1, -0.05) is 25.7 Å². The van der Waals surface area contributed by atoms with E-state index in [0.29, 0.717) is 5.56 Å². The third-order valence-corrected chi connectivity index (χ3v) is 3.59. The molecular formula is C15H21NO2. The molecule has 1 N–H and O–H groups in total. The van der Waals surface area contributed by atoms with Gasteiger partial charge in [-0.15, -0.1) is 0 Å². The van der Waals surface area contributed by atoms with Gasteiger partial charge in [0.25, 0.3) is 0 Å². The van der Waals surface area contributed by atoms with Crippen LogP contribution in [0.15, 0.2) is 24.3 Å². The highest BCUT2D eigenvalue weighted by atomic mass is 16.4. The first-order valence-corrected chi connectivity index (χ1v) is 6.86. The van der Waals surface area contributed by atoms with Crippen LogP contribution in [0.5, 0.6) is 0 Å². The molecule has 0 aliphatic carbocycles. The van der Waals surface area contributed by atoms with Crippen molar-refractivity contribution in [3.63, 3.8) is 0 Å². The van der Waals surface area contributed by atoms with Crippen LogP contribution in [0, 0.1) is 0 Å². The Morgan fingerprint density at radius 2 is 1.39 bits per heavy atom. The Kier molecular flexibility index (Phi) is 4.62. The second kappa shape index (κ2) is 6.43. The zero-order chi connectivity index (χ0) is 12.8. The van der Waals surface area contributed by atoms with E-state index in [-0.39, 0.29) is 0 Å². The van der Waals surface area contributed by atoms with E-state index in [9.17, 15) is 4.79 Å². The highest BCUT2D eigenvalue weighted by Gasteiger charge is 2.09. The molecular weight excluding hydrogens is 226 g/mol. The van der Waals surface area contributed by atoms with Crippen molar-refractivity contribution < 1.29 is 9.90 Å². The number of carboxylic acid groups (broad SMARTS) is 1. The summed E-state index contributed by atoms with van der Waals surface area (Å²) in [5.41, 5.74) is 1.52. The molecule has 0 unspecified atom stereocenters. The summed E-state index contributed by atoms with van der Waals surface area (Å²) in [5.74, 6) is -0.856. The van der Waals surface area contributed by atoms with Gasteiger partial charge in [-0.05, 0) is 37.1 Å². The molecule has 0 spiro atoms. The highest BCUT2D eigenvalue weighted by molar-refractivity contribution is 5.88. The summed E-state index contributed by atoms with van der Waals surface area (Å²) >= 11 is 0. The molecule has 98 valence electrons. The molecule has 0 saturated carbocycles. The molecule has 1 aliphatic rings. The smallest absolute Gasteiger partial charge is 0.335 e. The summed E-state index contributed by atoms with van der Waals surface area (Å²) in [7, 11) is 0.